The van der Waals surface area contributed by atoms with Crippen molar-refractivity contribution < 1.29 is 19.0 Å². The van der Waals surface area contributed by atoms with E-state index in [1.165, 1.54) is 6.42 Å². The zero-order chi connectivity index (χ0) is 20.4. The van der Waals surface area contributed by atoms with Crippen molar-refractivity contribution in [3.63, 3.8) is 0 Å². The molecule has 1 fully saturated rings. The van der Waals surface area contributed by atoms with Gasteiger partial charge in [-0.05, 0) is 69.3 Å². The largest absolute Gasteiger partial charge is 0.507 e. The van der Waals surface area contributed by atoms with Gasteiger partial charge in [-0.2, -0.15) is 0 Å². The molecule has 0 bridgehead atoms. The molecule has 152 valence electrons. The molecule has 1 aliphatic rings. The third kappa shape index (κ3) is 3.93. The average Bonchev–Trinajstić information content (AvgIpc) is 2.74. The Morgan fingerprint density at radius 2 is 1.72 bits per heavy atom. The van der Waals surface area contributed by atoms with E-state index < -0.39 is 0 Å². The molecule has 1 N–H and O–H groups in total. The molecule has 6 nitrogen and oxygen atoms in total. The van der Waals surface area contributed by atoms with Gasteiger partial charge in [0.05, 0.1) is 18.1 Å². The molecule has 0 aliphatic carbocycles. The summed E-state index contributed by atoms with van der Waals surface area (Å²) < 4.78 is 17.0. The van der Waals surface area contributed by atoms with Crippen LogP contribution >= 0.6 is 0 Å². The van der Waals surface area contributed by atoms with Crippen LogP contribution in [0.5, 0.6) is 23.0 Å². The molecular weight excluding hydrogens is 370 g/mol. The van der Waals surface area contributed by atoms with Gasteiger partial charge in [-0.15, -0.1) is 0 Å². The molecule has 2 aromatic carbocycles. The molecule has 2 heterocycles. The van der Waals surface area contributed by atoms with Crippen molar-refractivity contribution in [2.75, 3.05) is 20.2 Å². The zero-order valence-corrected chi connectivity index (χ0v) is 16.7. The van der Waals surface area contributed by atoms with E-state index in [2.05, 4.69) is 4.90 Å². The van der Waals surface area contributed by atoms with E-state index in [0.717, 1.165) is 25.9 Å². The lowest BCUT2D eigenvalue weighted by Gasteiger charge is -2.26. The van der Waals surface area contributed by atoms with Gasteiger partial charge in [-0.25, -0.2) is 0 Å². The normalized spacial score (nSPS) is 14.8. The van der Waals surface area contributed by atoms with E-state index in [4.69, 9.17) is 13.9 Å². The predicted molar refractivity (Wildman–Crippen MR) is 111 cm³/mol. The molecule has 0 spiro atoms. The number of nitrogens with zero attached hydrogens (tertiary/aromatic N) is 1. The van der Waals surface area contributed by atoms with Crippen molar-refractivity contribution in [1.29, 1.82) is 0 Å². The van der Waals surface area contributed by atoms with Crippen molar-refractivity contribution >= 4 is 11.0 Å². The van der Waals surface area contributed by atoms with E-state index in [0.29, 0.717) is 40.3 Å². The zero-order valence-electron chi connectivity index (χ0n) is 16.7. The molecule has 1 saturated heterocycles. The molecule has 0 unspecified atom stereocenters. The SMILES string of the molecule is COc1ccc(Oc2c(C)oc3c(CN4CCCCC4)c(O)ccc3c2=O)cc1. The monoisotopic (exact) mass is 395 g/mol. The van der Waals surface area contributed by atoms with Gasteiger partial charge in [-0.1, -0.05) is 6.42 Å². The minimum atomic E-state index is -0.250. The number of aryl methyl sites for hydroxylation is 1. The summed E-state index contributed by atoms with van der Waals surface area (Å²) in [4.78, 5) is 15.4. The van der Waals surface area contributed by atoms with Crippen molar-refractivity contribution in [2.45, 2.75) is 32.7 Å². The van der Waals surface area contributed by atoms with Crippen molar-refractivity contribution in [1.82, 2.24) is 4.90 Å². The number of benzene rings is 2. The van der Waals surface area contributed by atoms with E-state index in [1.807, 2.05) is 0 Å². The van der Waals surface area contributed by atoms with Crippen molar-refractivity contribution in [3.8, 4) is 23.0 Å². The summed E-state index contributed by atoms with van der Waals surface area (Å²) >= 11 is 0. The molecular formula is C23H25NO5. The third-order valence-corrected chi connectivity index (χ3v) is 5.37. The van der Waals surface area contributed by atoms with Crippen molar-refractivity contribution in [3.05, 3.63) is 57.9 Å². The summed E-state index contributed by atoms with van der Waals surface area (Å²) in [6.07, 6.45) is 3.53. The number of ether oxygens (including phenoxy) is 2. The Morgan fingerprint density at radius 3 is 2.41 bits per heavy atom. The lowest BCUT2D eigenvalue weighted by molar-refractivity contribution is 0.218. The highest BCUT2D eigenvalue weighted by molar-refractivity contribution is 5.83. The number of aromatic hydroxyl groups is 1. The summed E-state index contributed by atoms with van der Waals surface area (Å²) in [6.45, 7) is 4.23. The first kappa shape index (κ1) is 19.3. The second-order valence-electron chi connectivity index (χ2n) is 7.37. The molecule has 1 aliphatic heterocycles. The van der Waals surface area contributed by atoms with Crippen LogP contribution in [0.3, 0.4) is 0 Å². The predicted octanol–water partition coefficient (Wildman–Crippen LogP) is 4.59. The number of piperidine rings is 1. The standard InChI is InChI=1S/C23H25NO5/c1-15-22(29-17-8-6-16(27-2)7-9-17)21(26)18-10-11-20(25)19(23(18)28-15)14-24-12-4-3-5-13-24/h6-11,25H,3-5,12-14H2,1-2H3. The summed E-state index contributed by atoms with van der Waals surface area (Å²) in [5, 5.41) is 10.8. The Kier molecular flexibility index (Phi) is 5.45. The highest BCUT2D eigenvalue weighted by Crippen LogP contribution is 2.32. The highest BCUT2D eigenvalue weighted by atomic mass is 16.5. The molecule has 0 radical (unpaired) electrons. The van der Waals surface area contributed by atoms with Gasteiger partial charge in [0.15, 0.2) is 0 Å². The first-order valence-corrected chi connectivity index (χ1v) is 9.89. The van der Waals surface area contributed by atoms with Crippen molar-refractivity contribution in [2.24, 2.45) is 0 Å². The molecule has 4 rings (SSSR count). The van der Waals surface area contributed by atoms with Crippen LogP contribution in [-0.2, 0) is 6.54 Å². The smallest absolute Gasteiger partial charge is 0.235 e. The Balaban J connectivity index is 1.72. The fourth-order valence-corrected chi connectivity index (χ4v) is 3.77. The minimum Gasteiger partial charge on any atom is -0.507 e. The van der Waals surface area contributed by atoms with Crippen LogP contribution in [0, 0.1) is 6.92 Å². The number of hydrogen-bond donors (Lipinski definition) is 1. The Morgan fingerprint density at radius 1 is 1.03 bits per heavy atom. The van der Waals surface area contributed by atoms with Crippen LogP contribution in [-0.4, -0.2) is 30.2 Å². The topological polar surface area (TPSA) is 72.1 Å². The van der Waals surface area contributed by atoms with Crippen LogP contribution in [0.25, 0.3) is 11.0 Å². The van der Waals surface area contributed by atoms with E-state index >= 15 is 0 Å². The number of rotatable bonds is 5. The number of phenolic OH excluding ortho intramolecular Hbond substituents is 1. The second kappa shape index (κ2) is 8.17. The van der Waals surface area contributed by atoms with Gasteiger partial charge < -0.3 is 19.0 Å². The number of hydrogen-bond acceptors (Lipinski definition) is 6. The van der Waals surface area contributed by atoms with Gasteiger partial charge in [0.1, 0.15) is 28.6 Å². The molecule has 0 atom stereocenters. The van der Waals surface area contributed by atoms with E-state index in [9.17, 15) is 9.90 Å². The maximum atomic E-state index is 13.1. The number of likely N-dealkylation sites (tertiary alicyclic amines) is 1. The van der Waals surface area contributed by atoms with Gasteiger partial charge in [0, 0.05) is 6.54 Å². The molecule has 0 saturated carbocycles. The maximum Gasteiger partial charge on any atom is 0.235 e. The van der Waals surface area contributed by atoms with E-state index in [1.54, 1.807) is 50.4 Å². The summed E-state index contributed by atoms with van der Waals surface area (Å²) in [5.41, 5.74) is 0.834. The molecule has 6 heteroatoms. The Labute approximate surface area is 169 Å². The lowest BCUT2D eigenvalue weighted by Crippen LogP contribution is -2.29. The fraction of sp³-hybridized carbons (Fsp3) is 0.348. The maximum absolute atomic E-state index is 13.1. The fourth-order valence-electron chi connectivity index (χ4n) is 3.77. The number of methoxy groups -OCH3 is 1. The number of phenols is 1. The van der Waals surface area contributed by atoms with Crippen LogP contribution in [0.15, 0.2) is 45.6 Å². The Hall–Kier alpha value is -2.99. The summed E-state index contributed by atoms with van der Waals surface area (Å²) in [5.74, 6) is 1.90. The molecule has 1 aromatic heterocycles. The first-order chi connectivity index (χ1) is 14.1. The average molecular weight is 395 g/mol. The number of fused-ring (bicyclic) bond motifs is 1. The van der Waals surface area contributed by atoms with Gasteiger partial charge in [-0.3, -0.25) is 9.69 Å². The molecule has 29 heavy (non-hydrogen) atoms. The molecule has 0 amide bonds. The third-order valence-electron chi connectivity index (χ3n) is 5.37. The second-order valence-corrected chi connectivity index (χ2v) is 7.37. The van der Waals surface area contributed by atoms with Gasteiger partial charge >= 0.3 is 0 Å². The summed E-state index contributed by atoms with van der Waals surface area (Å²) in [7, 11) is 1.59. The van der Waals surface area contributed by atoms with Crippen LogP contribution in [0.4, 0.5) is 0 Å². The summed E-state index contributed by atoms with van der Waals surface area (Å²) in [6, 6.07) is 10.2. The first-order valence-electron chi connectivity index (χ1n) is 9.89. The Bertz CT molecular complexity index is 1070. The van der Waals surface area contributed by atoms with Crippen LogP contribution in [0.2, 0.25) is 0 Å². The van der Waals surface area contributed by atoms with Gasteiger partial charge in [0.2, 0.25) is 11.2 Å². The minimum absolute atomic E-state index is 0.148. The van der Waals surface area contributed by atoms with Gasteiger partial charge in [0.25, 0.3) is 0 Å². The lowest BCUT2D eigenvalue weighted by atomic mass is 10.1. The van der Waals surface area contributed by atoms with Crippen LogP contribution in [0.1, 0.15) is 30.6 Å². The quantitative estimate of drug-likeness (QED) is 0.681. The van der Waals surface area contributed by atoms with Crippen LogP contribution < -0.4 is 14.9 Å². The highest BCUT2D eigenvalue weighted by Gasteiger charge is 2.20. The molecule has 3 aromatic rings. The van der Waals surface area contributed by atoms with E-state index in [-0.39, 0.29) is 16.9 Å².